The van der Waals surface area contributed by atoms with Crippen LogP contribution in [-0.2, 0) is 4.79 Å². The first-order chi connectivity index (χ1) is 11.4. The van der Waals surface area contributed by atoms with Gasteiger partial charge in [0.2, 0.25) is 5.91 Å². The van der Waals surface area contributed by atoms with Crippen molar-refractivity contribution in [2.75, 3.05) is 25.0 Å². The van der Waals surface area contributed by atoms with E-state index in [4.69, 9.17) is 28.3 Å². The van der Waals surface area contributed by atoms with Gasteiger partial charge in [-0.15, -0.1) is 0 Å². The number of rotatable bonds is 4. The van der Waals surface area contributed by atoms with Crippen LogP contribution in [0.3, 0.4) is 0 Å². The normalized spacial score (nSPS) is 16.0. The number of hydrogen-bond donors (Lipinski definition) is 4. The molecule has 0 radical (unpaired) electrons. The third kappa shape index (κ3) is 2.77. The molecule has 0 aliphatic carbocycles. The molecule has 1 aromatic carbocycles. The van der Waals surface area contributed by atoms with Crippen LogP contribution < -0.4 is 21.8 Å². The zero-order valence-corrected chi connectivity index (χ0v) is 13.9. The van der Waals surface area contributed by atoms with Gasteiger partial charge in [0, 0.05) is 19.5 Å². The first kappa shape index (κ1) is 16.8. The average Bonchev–Trinajstić information content (AvgIpc) is 2.55. The molecule has 2 heterocycles. The summed E-state index contributed by atoms with van der Waals surface area (Å²) >= 11 is 12.2. The molecule has 10 heteroatoms. The van der Waals surface area contributed by atoms with Gasteiger partial charge >= 0.3 is 11.1 Å². The van der Waals surface area contributed by atoms with Crippen LogP contribution >= 0.6 is 23.2 Å². The minimum absolute atomic E-state index is 0.0227. The molecule has 0 saturated heterocycles. The predicted molar refractivity (Wildman–Crippen MR) is 91.1 cm³/mol. The Morgan fingerprint density at radius 2 is 2.17 bits per heavy atom. The second kappa shape index (κ2) is 6.46. The van der Waals surface area contributed by atoms with Crippen molar-refractivity contribution in [3.05, 3.63) is 36.8 Å². The van der Waals surface area contributed by atoms with E-state index >= 15 is 0 Å². The van der Waals surface area contributed by atoms with Gasteiger partial charge in [-0.2, -0.15) is 0 Å². The Hall–Kier alpha value is -2.03. The number of carbonyl (C=O) groups is 1. The average molecular weight is 373 g/mol. The number of aromatic amines is 1. The van der Waals surface area contributed by atoms with Gasteiger partial charge in [0.05, 0.1) is 39.4 Å². The van der Waals surface area contributed by atoms with Crippen molar-refractivity contribution in [3.63, 3.8) is 0 Å². The summed E-state index contributed by atoms with van der Waals surface area (Å²) in [6.45, 7) is 0.176. The van der Waals surface area contributed by atoms with Crippen LogP contribution in [0.4, 0.5) is 5.69 Å². The number of H-pyrrole nitrogens is 1. The van der Waals surface area contributed by atoms with E-state index in [1.54, 1.807) is 0 Å². The summed E-state index contributed by atoms with van der Waals surface area (Å²) in [6.07, 6.45) is -0.0227. The first-order valence-electron chi connectivity index (χ1n) is 7.22. The molecule has 1 aliphatic rings. The largest absolute Gasteiger partial charge is 0.395 e. The third-order valence-electron chi connectivity index (χ3n) is 3.83. The molecule has 1 aliphatic heterocycles. The maximum atomic E-state index is 12.3. The molecule has 2 aromatic rings. The summed E-state index contributed by atoms with van der Waals surface area (Å²) in [7, 11) is 0. The van der Waals surface area contributed by atoms with E-state index in [2.05, 4.69) is 15.6 Å². The minimum Gasteiger partial charge on any atom is -0.395 e. The van der Waals surface area contributed by atoms with Crippen LogP contribution in [0, 0.1) is 0 Å². The molecule has 1 unspecified atom stereocenters. The molecule has 0 saturated carbocycles. The van der Waals surface area contributed by atoms with Crippen molar-refractivity contribution >= 4 is 45.8 Å². The van der Waals surface area contributed by atoms with Gasteiger partial charge in [-0.3, -0.25) is 19.0 Å². The summed E-state index contributed by atoms with van der Waals surface area (Å²) in [5.41, 5.74) is -0.352. The second-order valence-electron chi connectivity index (χ2n) is 5.39. The Kier molecular flexibility index (Phi) is 4.53. The summed E-state index contributed by atoms with van der Waals surface area (Å²) in [4.78, 5) is 38.7. The van der Waals surface area contributed by atoms with E-state index in [1.807, 2.05) is 0 Å². The number of aliphatic hydroxyl groups is 1. The number of amides is 1. The van der Waals surface area contributed by atoms with Crippen LogP contribution in [0.5, 0.6) is 0 Å². The van der Waals surface area contributed by atoms with E-state index in [0.29, 0.717) is 16.7 Å². The Balaban J connectivity index is 2.15. The molecule has 1 amide bonds. The lowest BCUT2D eigenvalue weighted by Crippen LogP contribution is -2.43. The van der Waals surface area contributed by atoms with Crippen molar-refractivity contribution in [1.29, 1.82) is 0 Å². The maximum Gasteiger partial charge on any atom is 0.317 e. The fraction of sp³-hybridized carbons (Fsp3) is 0.357. The molecular weight excluding hydrogens is 359 g/mol. The van der Waals surface area contributed by atoms with Crippen molar-refractivity contribution in [2.45, 2.75) is 12.5 Å². The Morgan fingerprint density at radius 3 is 2.88 bits per heavy atom. The fourth-order valence-electron chi connectivity index (χ4n) is 2.81. The number of anilines is 1. The van der Waals surface area contributed by atoms with E-state index < -0.39 is 17.2 Å². The molecule has 1 aromatic heterocycles. The molecular formula is C14H14Cl2N4O4. The van der Waals surface area contributed by atoms with Gasteiger partial charge in [-0.25, -0.2) is 0 Å². The monoisotopic (exact) mass is 372 g/mol. The number of nitrogens with one attached hydrogen (secondary N) is 3. The second-order valence-corrected chi connectivity index (χ2v) is 6.17. The van der Waals surface area contributed by atoms with Gasteiger partial charge in [0.25, 0.3) is 0 Å². The Bertz CT molecular complexity index is 937. The maximum absolute atomic E-state index is 12.3. The number of hydrogen-bond acceptors (Lipinski definition) is 5. The summed E-state index contributed by atoms with van der Waals surface area (Å²) in [6, 6.07) is 0.904. The molecule has 3 rings (SSSR count). The zero-order valence-electron chi connectivity index (χ0n) is 12.4. The van der Waals surface area contributed by atoms with Crippen molar-refractivity contribution in [1.82, 2.24) is 14.9 Å². The van der Waals surface area contributed by atoms with Crippen molar-refractivity contribution in [2.24, 2.45) is 0 Å². The van der Waals surface area contributed by atoms with Gasteiger partial charge < -0.3 is 20.7 Å². The number of aliphatic hydroxyl groups excluding tert-OH is 1. The standard InChI is InChI=1S/C14H14Cl2N4O4/c15-7-4-8-12-11(10(7)16)18-5-6(3-9(22)17-1-2-21)20(12)14(24)13(23)19-8/h4,6,18,21H,1-3,5H2,(H,17,22)(H,19,23). The molecule has 8 nitrogen and oxygen atoms in total. The summed E-state index contributed by atoms with van der Waals surface area (Å²) in [5, 5.41) is 14.8. The van der Waals surface area contributed by atoms with Crippen LogP contribution in [0.25, 0.3) is 11.0 Å². The number of halogens is 2. The summed E-state index contributed by atoms with van der Waals surface area (Å²) in [5.74, 6) is -0.334. The Morgan fingerprint density at radius 1 is 1.42 bits per heavy atom. The van der Waals surface area contributed by atoms with Crippen LogP contribution in [0.2, 0.25) is 10.0 Å². The highest BCUT2D eigenvalue weighted by atomic mass is 35.5. The zero-order chi connectivity index (χ0) is 17.4. The first-order valence-corrected chi connectivity index (χ1v) is 7.97. The number of aromatic nitrogens is 2. The van der Waals surface area contributed by atoms with E-state index in [9.17, 15) is 14.4 Å². The number of nitrogens with zero attached hydrogens (tertiary/aromatic N) is 1. The van der Waals surface area contributed by atoms with Crippen LogP contribution in [-0.4, -0.2) is 40.3 Å². The molecule has 1 atom stereocenters. The molecule has 24 heavy (non-hydrogen) atoms. The van der Waals surface area contributed by atoms with Crippen LogP contribution in [0.15, 0.2) is 15.7 Å². The molecule has 0 spiro atoms. The lowest BCUT2D eigenvalue weighted by molar-refractivity contribution is -0.121. The SMILES string of the molecule is O=C(CC1CNc2c(Cl)c(Cl)cc3[nH]c(=O)c(=O)n1c23)NCCO. The smallest absolute Gasteiger partial charge is 0.317 e. The van der Waals surface area contributed by atoms with Gasteiger partial charge in [-0.05, 0) is 6.07 Å². The van der Waals surface area contributed by atoms with E-state index in [1.165, 1.54) is 10.6 Å². The van der Waals surface area contributed by atoms with Gasteiger partial charge in [-0.1, -0.05) is 23.2 Å². The van der Waals surface area contributed by atoms with Crippen molar-refractivity contribution in [3.8, 4) is 0 Å². The fourth-order valence-corrected chi connectivity index (χ4v) is 3.23. The minimum atomic E-state index is -0.797. The van der Waals surface area contributed by atoms with E-state index in [0.717, 1.165) is 0 Å². The topological polar surface area (TPSA) is 116 Å². The third-order valence-corrected chi connectivity index (χ3v) is 4.62. The highest BCUT2D eigenvalue weighted by molar-refractivity contribution is 6.45. The van der Waals surface area contributed by atoms with Crippen molar-refractivity contribution < 1.29 is 9.90 Å². The highest BCUT2D eigenvalue weighted by Gasteiger charge is 2.28. The lowest BCUT2D eigenvalue weighted by Gasteiger charge is -2.29. The predicted octanol–water partition coefficient (Wildman–Crippen LogP) is 0.462. The number of carbonyl (C=O) groups excluding carboxylic acids is 1. The van der Waals surface area contributed by atoms with Gasteiger partial charge in [0.15, 0.2) is 0 Å². The lowest BCUT2D eigenvalue weighted by atomic mass is 10.1. The number of benzene rings is 1. The molecule has 128 valence electrons. The highest BCUT2D eigenvalue weighted by Crippen LogP contribution is 2.39. The quantitative estimate of drug-likeness (QED) is 0.581. The summed E-state index contributed by atoms with van der Waals surface area (Å²) < 4.78 is 1.28. The molecule has 4 N–H and O–H groups in total. The Labute approximate surface area is 145 Å². The van der Waals surface area contributed by atoms with Crippen LogP contribution in [0.1, 0.15) is 12.5 Å². The molecule has 0 bridgehead atoms. The van der Waals surface area contributed by atoms with E-state index in [-0.39, 0.29) is 42.1 Å². The van der Waals surface area contributed by atoms with Gasteiger partial charge in [0.1, 0.15) is 0 Å². The molecule has 0 fully saturated rings.